The van der Waals surface area contributed by atoms with E-state index in [9.17, 15) is 0 Å². The Hall–Kier alpha value is -1.70. The van der Waals surface area contributed by atoms with Crippen LogP contribution < -0.4 is 4.43 Å². The molecule has 2 aromatic rings. The lowest BCUT2D eigenvalue weighted by atomic mass is 10.1. The van der Waals surface area contributed by atoms with Crippen molar-refractivity contribution in [1.82, 2.24) is 0 Å². The molecule has 0 bridgehead atoms. The fourth-order valence-electron chi connectivity index (χ4n) is 4.06. The average Bonchev–Trinajstić information content (AvgIpc) is 2.78. The van der Waals surface area contributed by atoms with Gasteiger partial charge in [0.05, 0.1) is 47.1 Å². The molecular weight excluding hydrogens is 466 g/mol. The Labute approximate surface area is 220 Å². The van der Waals surface area contributed by atoms with Crippen molar-refractivity contribution in [3.05, 3.63) is 65.2 Å². The Morgan fingerprint density at radius 1 is 0.944 bits per heavy atom. The van der Waals surface area contributed by atoms with Crippen molar-refractivity contribution in [2.75, 3.05) is 27.7 Å². The van der Waals surface area contributed by atoms with E-state index >= 15 is 0 Å². The van der Waals surface area contributed by atoms with E-state index in [1.165, 1.54) is 11.1 Å². The van der Waals surface area contributed by atoms with Crippen molar-refractivity contribution < 1.29 is 23.1 Å². The molecule has 2 unspecified atom stereocenters. The first-order valence-corrected chi connectivity index (χ1v) is 16.2. The van der Waals surface area contributed by atoms with Crippen LogP contribution in [0.25, 0.3) is 0 Å². The largest absolute Gasteiger partial charge is 0.543 e. The van der Waals surface area contributed by atoms with Gasteiger partial charge in [-0.2, -0.15) is 0 Å². The number of hydrogen-bond donors (Lipinski definition) is 0. The minimum absolute atomic E-state index is 0.0848. The van der Waals surface area contributed by atoms with Gasteiger partial charge in [-0.05, 0) is 60.7 Å². The highest BCUT2D eigenvalue weighted by Gasteiger charge is 2.39. The highest BCUT2D eigenvalue weighted by molar-refractivity contribution is 6.74. The lowest BCUT2D eigenvalue weighted by molar-refractivity contribution is -0.884. The lowest BCUT2D eigenvalue weighted by Crippen LogP contribution is -2.44. The van der Waals surface area contributed by atoms with E-state index in [0.717, 1.165) is 41.6 Å². The van der Waals surface area contributed by atoms with E-state index in [1.807, 2.05) is 18.2 Å². The van der Waals surface area contributed by atoms with Crippen LogP contribution in [-0.2, 0) is 34.0 Å². The van der Waals surface area contributed by atoms with E-state index in [-0.39, 0.29) is 17.4 Å². The topological polar surface area (TPSA) is 36.9 Å². The summed E-state index contributed by atoms with van der Waals surface area (Å²) in [5.74, 6) is 1.02. The Bertz CT molecular complexity index is 950. The summed E-state index contributed by atoms with van der Waals surface area (Å²) in [6.07, 6.45) is 2.93. The number of hydrogen-bond acceptors (Lipinski definition) is 4. The van der Waals surface area contributed by atoms with Gasteiger partial charge in [0.25, 0.3) is 0 Å². The zero-order chi connectivity index (χ0) is 26.4. The third-order valence-corrected chi connectivity index (χ3v) is 11.4. The molecule has 5 nitrogen and oxygen atoms in total. The van der Waals surface area contributed by atoms with Gasteiger partial charge in [-0.15, -0.1) is 0 Å². The van der Waals surface area contributed by atoms with Gasteiger partial charge in [-0.1, -0.05) is 57.2 Å². The second kappa shape index (κ2) is 12.2. The van der Waals surface area contributed by atoms with Crippen molar-refractivity contribution in [2.24, 2.45) is 0 Å². The molecule has 36 heavy (non-hydrogen) atoms. The summed E-state index contributed by atoms with van der Waals surface area (Å²) in [6, 6.07) is 16.8. The van der Waals surface area contributed by atoms with Gasteiger partial charge < -0.3 is 23.1 Å². The molecule has 0 N–H and O–H groups in total. The first-order valence-electron chi connectivity index (χ1n) is 13.3. The summed E-state index contributed by atoms with van der Waals surface area (Å²) in [6.45, 7) is 14.1. The van der Waals surface area contributed by atoms with Crippen LogP contribution in [-0.4, -0.2) is 52.9 Å². The second-order valence-corrected chi connectivity index (χ2v) is 17.4. The third-order valence-electron chi connectivity index (χ3n) is 7.10. The van der Waals surface area contributed by atoms with Gasteiger partial charge >= 0.3 is 0 Å². The maximum absolute atomic E-state index is 6.73. The highest BCUT2D eigenvalue weighted by atomic mass is 28.4. The molecule has 1 fully saturated rings. The minimum atomic E-state index is -1.93. The number of quaternary nitrogens is 1. The summed E-state index contributed by atoms with van der Waals surface area (Å²) < 4.78 is 25.9. The molecule has 2 aromatic carbocycles. The molecule has 6 heteroatoms. The monoisotopic (exact) mass is 514 g/mol. The normalized spacial score (nSPS) is 19.3. The van der Waals surface area contributed by atoms with Crippen LogP contribution >= 0.6 is 0 Å². The summed E-state index contributed by atoms with van der Waals surface area (Å²) in [5.41, 5.74) is 3.59. The van der Waals surface area contributed by atoms with Crippen molar-refractivity contribution in [3.63, 3.8) is 0 Å². The molecule has 0 amide bonds. The SMILES string of the molecule is CC(C)(C)[Si](C)(C)Oc1ccc(COC2CCCC(COCc3ccccc3)O2)cc1C[N+](C)(C)C. The quantitative estimate of drug-likeness (QED) is 0.241. The van der Waals surface area contributed by atoms with E-state index in [1.54, 1.807) is 0 Å². The predicted molar refractivity (Wildman–Crippen MR) is 149 cm³/mol. The van der Waals surface area contributed by atoms with Crippen molar-refractivity contribution in [2.45, 2.75) is 90.3 Å². The molecule has 0 aromatic heterocycles. The van der Waals surface area contributed by atoms with Crippen LogP contribution in [0.3, 0.4) is 0 Å². The van der Waals surface area contributed by atoms with Crippen LogP contribution in [0.15, 0.2) is 48.5 Å². The summed E-state index contributed by atoms with van der Waals surface area (Å²) >= 11 is 0. The Morgan fingerprint density at radius 2 is 1.67 bits per heavy atom. The van der Waals surface area contributed by atoms with E-state index in [4.69, 9.17) is 18.6 Å². The third kappa shape index (κ3) is 9.00. The molecular formula is C30H48NO4Si+. The van der Waals surface area contributed by atoms with Gasteiger partial charge in [0.15, 0.2) is 6.29 Å². The van der Waals surface area contributed by atoms with Crippen molar-refractivity contribution in [1.29, 1.82) is 0 Å². The van der Waals surface area contributed by atoms with Crippen LogP contribution in [0.2, 0.25) is 18.1 Å². The maximum atomic E-state index is 6.73. The van der Waals surface area contributed by atoms with Crippen LogP contribution in [0.1, 0.15) is 56.7 Å². The lowest BCUT2D eigenvalue weighted by Gasteiger charge is -2.37. The molecule has 0 radical (unpaired) electrons. The molecule has 1 aliphatic heterocycles. The summed E-state index contributed by atoms with van der Waals surface area (Å²) in [4.78, 5) is 0. The molecule has 1 heterocycles. The fourth-order valence-corrected chi connectivity index (χ4v) is 5.12. The van der Waals surface area contributed by atoms with E-state index in [2.05, 4.69) is 85.3 Å². The predicted octanol–water partition coefficient (Wildman–Crippen LogP) is 6.91. The minimum Gasteiger partial charge on any atom is -0.543 e. The molecule has 1 saturated heterocycles. The standard InChI is InChI=1S/C30H48NO4Si/c1-30(2,3)36(7,8)35-28-18-17-25(19-26(28)20-31(4,5)6)22-33-29-16-12-15-27(34-29)23-32-21-24-13-10-9-11-14-24/h9-11,13-14,17-19,27,29H,12,15-16,20-23H2,1-8H3/q+1. The zero-order valence-corrected chi connectivity index (χ0v) is 24.8. The number of rotatable bonds is 11. The average molecular weight is 515 g/mol. The fraction of sp³-hybridized carbons (Fsp3) is 0.600. The van der Waals surface area contributed by atoms with Gasteiger partial charge in [0.2, 0.25) is 8.32 Å². The van der Waals surface area contributed by atoms with E-state index < -0.39 is 8.32 Å². The summed E-state index contributed by atoms with van der Waals surface area (Å²) in [7, 11) is 4.73. The highest BCUT2D eigenvalue weighted by Crippen LogP contribution is 2.38. The van der Waals surface area contributed by atoms with Gasteiger partial charge in [0.1, 0.15) is 12.3 Å². The molecule has 0 aliphatic carbocycles. The molecule has 2 atom stereocenters. The first-order chi connectivity index (χ1) is 16.8. The smallest absolute Gasteiger partial charge is 0.250 e. The maximum Gasteiger partial charge on any atom is 0.250 e. The molecule has 1 aliphatic rings. The van der Waals surface area contributed by atoms with Crippen LogP contribution in [0, 0.1) is 0 Å². The zero-order valence-electron chi connectivity index (χ0n) is 23.8. The Kier molecular flexibility index (Phi) is 9.80. The Balaban J connectivity index is 1.58. The molecule has 0 spiro atoms. The molecule has 200 valence electrons. The van der Waals surface area contributed by atoms with Gasteiger partial charge in [0, 0.05) is 5.56 Å². The van der Waals surface area contributed by atoms with E-state index in [0.29, 0.717) is 19.8 Å². The van der Waals surface area contributed by atoms with Crippen molar-refractivity contribution in [3.8, 4) is 5.75 Å². The second-order valence-electron chi connectivity index (χ2n) is 12.7. The Morgan fingerprint density at radius 3 is 2.33 bits per heavy atom. The molecule has 3 rings (SSSR count). The number of nitrogens with zero attached hydrogens (tertiary/aromatic N) is 1. The van der Waals surface area contributed by atoms with Crippen LogP contribution in [0.5, 0.6) is 5.75 Å². The molecule has 0 saturated carbocycles. The number of ether oxygens (including phenoxy) is 3. The summed E-state index contributed by atoms with van der Waals surface area (Å²) in [5, 5.41) is 0.155. The van der Waals surface area contributed by atoms with Gasteiger partial charge in [-0.25, -0.2) is 0 Å². The first kappa shape index (κ1) is 28.9. The van der Waals surface area contributed by atoms with Gasteiger partial charge in [-0.3, -0.25) is 0 Å². The number of benzene rings is 2. The van der Waals surface area contributed by atoms with Crippen molar-refractivity contribution >= 4 is 8.32 Å². The van der Waals surface area contributed by atoms with Crippen LogP contribution in [0.4, 0.5) is 0 Å².